The van der Waals surface area contributed by atoms with E-state index in [-0.39, 0.29) is 0 Å². The quantitative estimate of drug-likeness (QED) is 0.787. The molecule has 0 saturated carbocycles. The summed E-state index contributed by atoms with van der Waals surface area (Å²) in [5.74, 6) is 0. The van der Waals surface area contributed by atoms with E-state index in [4.69, 9.17) is 5.11 Å². The Morgan fingerprint density at radius 1 is 1.27 bits per heavy atom. The van der Waals surface area contributed by atoms with E-state index in [0.29, 0.717) is 0 Å². The number of halogens is 5. The molecule has 0 aliphatic rings. The molecule has 1 aromatic heterocycles. The predicted molar refractivity (Wildman–Crippen MR) is 40.2 cm³/mol. The zero-order valence-electron chi connectivity index (χ0n) is 7.17. The molecule has 2 nitrogen and oxygen atoms in total. The van der Waals surface area contributed by atoms with Crippen molar-refractivity contribution >= 4 is 0 Å². The molecule has 0 fully saturated rings. The van der Waals surface area contributed by atoms with Crippen LogP contribution in [0, 0.1) is 0 Å². The Morgan fingerprint density at radius 2 is 1.87 bits per heavy atom. The van der Waals surface area contributed by atoms with Gasteiger partial charge < -0.3 is 5.11 Å². The minimum Gasteiger partial charge on any atom is -0.382 e. The standard InChI is InChI=1S/C8H6F5NO/c9-7(10)5(15)4-2-1-3-14-6(4)8(11,12)13/h1-3,5,7,15H. The van der Waals surface area contributed by atoms with E-state index < -0.39 is 30.0 Å². The maximum absolute atomic E-state index is 12.3. The van der Waals surface area contributed by atoms with Gasteiger partial charge in [0.25, 0.3) is 6.43 Å². The molecule has 15 heavy (non-hydrogen) atoms. The van der Waals surface area contributed by atoms with Crippen LogP contribution in [-0.4, -0.2) is 16.5 Å². The average molecular weight is 227 g/mol. The molecule has 1 rings (SSSR count). The van der Waals surface area contributed by atoms with E-state index >= 15 is 0 Å². The van der Waals surface area contributed by atoms with Gasteiger partial charge >= 0.3 is 6.18 Å². The second kappa shape index (κ2) is 4.09. The first-order valence-electron chi connectivity index (χ1n) is 3.82. The minimum absolute atomic E-state index is 0.770. The van der Waals surface area contributed by atoms with Crippen molar-refractivity contribution < 1.29 is 27.1 Å². The van der Waals surface area contributed by atoms with E-state index in [0.717, 1.165) is 18.3 Å². The zero-order valence-corrected chi connectivity index (χ0v) is 7.17. The molecule has 0 spiro atoms. The predicted octanol–water partition coefficient (Wildman–Crippen LogP) is 2.40. The van der Waals surface area contributed by atoms with Gasteiger partial charge in [-0.2, -0.15) is 13.2 Å². The Balaban J connectivity index is 3.18. The number of hydrogen-bond acceptors (Lipinski definition) is 2. The van der Waals surface area contributed by atoms with Crippen LogP contribution < -0.4 is 0 Å². The number of aliphatic hydroxyl groups is 1. The van der Waals surface area contributed by atoms with Gasteiger partial charge in [0.2, 0.25) is 0 Å². The van der Waals surface area contributed by atoms with Crippen LogP contribution in [0.2, 0.25) is 0 Å². The Bertz CT molecular complexity index is 338. The largest absolute Gasteiger partial charge is 0.433 e. The number of aliphatic hydroxyl groups excluding tert-OH is 1. The summed E-state index contributed by atoms with van der Waals surface area (Å²) >= 11 is 0. The molecule has 0 radical (unpaired) electrons. The molecule has 1 N–H and O–H groups in total. The van der Waals surface area contributed by atoms with Crippen molar-refractivity contribution in [3.05, 3.63) is 29.6 Å². The number of rotatable bonds is 2. The van der Waals surface area contributed by atoms with E-state index in [1.54, 1.807) is 0 Å². The van der Waals surface area contributed by atoms with Crippen LogP contribution in [0.3, 0.4) is 0 Å². The van der Waals surface area contributed by atoms with Gasteiger partial charge in [-0.1, -0.05) is 6.07 Å². The van der Waals surface area contributed by atoms with Crippen molar-refractivity contribution in [2.75, 3.05) is 0 Å². The van der Waals surface area contributed by atoms with E-state index in [9.17, 15) is 22.0 Å². The molecular formula is C8H6F5NO. The first-order valence-corrected chi connectivity index (χ1v) is 3.82. The Morgan fingerprint density at radius 3 is 2.33 bits per heavy atom. The molecule has 1 heterocycles. The highest BCUT2D eigenvalue weighted by Crippen LogP contribution is 2.34. The van der Waals surface area contributed by atoms with Gasteiger partial charge in [0.15, 0.2) is 0 Å². The second-order valence-corrected chi connectivity index (χ2v) is 2.72. The second-order valence-electron chi connectivity index (χ2n) is 2.72. The third-order valence-corrected chi connectivity index (χ3v) is 1.66. The lowest BCUT2D eigenvalue weighted by atomic mass is 10.1. The summed E-state index contributed by atoms with van der Waals surface area (Å²) in [6.45, 7) is 0. The Kier molecular flexibility index (Phi) is 3.23. The molecule has 0 bridgehead atoms. The van der Waals surface area contributed by atoms with Crippen LogP contribution in [0.15, 0.2) is 18.3 Å². The Hall–Kier alpha value is -1.24. The van der Waals surface area contributed by atoms with E-state index in [1.165, 1.54) is 0 Å². The van der Waals surface area contributed by atoms with Gasteiger partial charge in [-0.15, -0.1) is 0 Å². The molecule has 84 valence electrons. The fourth-order valence-electron chi connectivity index (χ4n) is 1.03. The first-order chi connectivity index (χ1) is 6.84. The molecule has 0 aliphatic heterocycles. The van der Waals surface area contributed by atoms with Gasteiger partial charge in [-0.25, -0.2) is 8.78 Å². The average Bonchev–Trinajstić information content (AvgIpc) is 2.15. The molecule has 1 unspecified atom stereocenters. The fourth-order valence-corrected chi connectivity index (χ4v) is 1.03. The van der Waals surface area contributed by atoms with E-state index in [2.05, 4.69) is 4.98 Å². The molecule has 1 atom stereocenters. The summed E-state index contributed by atoms with van der Waals surface area (Å²) in [4.78, 5) is 2.94. The monoisotopic (exact) mass is 227 g/mol. The molecule has 0 aromatic carbocycles. The lowest BCUT2D eigenvalue weighted by Gasteiger charge is -2.15. The molecular weight excluding hydrogens is 221 g/mol. The summed E-state index contributed by atoms with van der Waals surface area (Å²) in [7, 11) is 0. The number of pyridine rings is 1. The lowest BCUT2D eigenvalue weighted by molar-refractivity contribution is -0.143. The maximum Gasteiger partial charge on any atom is 0.433 e. The summed E-state index contributed by atoms with van der Waals surface area (Å²) in [5, 5.41) is 8.85. The van der Waals surface area contributed by atoms with Crippen molar-refractivity contribution in [3.8, 4) is 0 Å². The van der Waals surface area contributed by atoms with Gasteiger partial charge in [0.1, 0.15) is 11.8 Å². The van der Waals surface area contributed by atoms with Crippen molar-refractivity contribution in [2.24, 2.45) is 0 Å². The van der Waals surface area contributed by atoms with Crippen molar-refractivity contribution in [3.63, 3.8) is 0 Å². The fraction of sp³-hybridized carbons (Fsp3) is 0.375. The highest BCUT2D eigenvalue weighted by Gasteiger charge is 2.38. The number of alkyl halides is 5. The third kappa shape index (κ3) is 2.62. The lowest BCUT2D eigenvalue weighted by Crippen LogP contribution is -2.17. The summed E-state index contributed by atoms with van der Waals surface area (Å²) in [5.41, 5.74) is -2.40. The summed E-state index contributed by atoms with van der Waals surface area (Å²) in [6.07, 6.45) is -9.79. The molecule has 0 saturated heterocycles. The van der Waals surface area contributed by atoms with Crippen LogP contribution in [0.25, 0.3) is 0 Å². The molecule has 0 aliphatic carbocycles. The van der Waals surface area contributed by atoms with Gasteiger partial charge in [-0.3, -0.25) is 4.98 Å². The van der Waals surface area contributed by atoms with Gasteiger partial charge in [0, 0.05) is 11.8 Å². The van der Waals surface area contributed by atoms with Crippen LogP contribution in [0.5, 0.6) is 0 Å². The SMILES string of the molecule is OC(c1cccnc1C(F)(F)F)C(F)F. The highest BCUT2D eigenvalue weighted by molar-refractivity contribution is 5.25. The van der Waals surface area contributed by atoms with Crippen molar-refractivity contribution in [1.82, 2.24) is 4.98 Å². The van der Waals surface area contributed by atoms with Crippen LogP contribution in [0.4, 0.5) is 22.0 Å². The first kappa shape index (κ1) is 11.8. The van der Waals surface area contributed by atoms with Crippen LogP contribution in [0.1, 0.15) is 17.4 Å². The minimum atomic E-state index is -4.85. The van der Waals surface area contributed by atoms with E-state index in [1.807, 2.05) is 0 Å². The number of hydrogen-bond donors (Lipinski definition) is 1. The third-order valence-electron chi connectivity index (χ3n) is 1.66. The van der Waals surface area contributed by atoms with Crippen molar-refractivity contribution in [1.29, 1.82) is 0 Å². The highest BCUT2D eigenvalue weighted by atomic mass is 19.4. The van der Waals surface area contributed by atoms with Crippen molar-refractivity contribution in [2.45, 2.75) is 18.7 Å². The summed E-state index contributed by atoms with van der Waals surface area (Å²) in [6, 6.07) is 1.82. The van der Waals surface area contributed by atoms with Crippen LogP contribution >= 0.6 is 0 Å². The maximum atomic E-state index is 12.3. The zero-order chi connectivity index (χ0) is 11.6. The molecule has 0 amide bonds. The normalized spacial score (nSPS) is 14.3. The molecule has 1 aromatic rings. The number of nitrogens with zero attached hydrogens (tertiary/aromatic N) is 1. The summed E-state index contributed by atoms with van der Waals surface area (Å²) < 4.78 is 60.8. The topological polar surface area (TPSA) is 33.1 Å². The van der Waals surface area contributed by atoms with Gasteiger partial charge in [-0.05, 0) is 6.07 Å². The smallest absolute Gasteiger partial charge is 0.382 e. The number of aromatic nitrogens is 1. The molecule has 7 heteroatoms. The Labute approximate surface area is 81.4 Å². The van der Waals surface area contributed by atoms with Crippen LogP contribution in [-0.2, 0) is 6.18 Å². The van der Waals surface area contributed by atoms with Gasteiger partial charge in [0.05, 0.1) is 0 Å².